The summed E-state index contributed by atoms with van der Waals surface area (Å²) in [5.41, 5.74) is 3.17. The topological polar surface area (TPSA) is 29.1 Å². The van der Waals surface area contributed by atoms with Gasteiger partial charge in [-0.1, -0.05) is 67.4 Å². The predicted molar refractivity (Wildman–Crippen MR) is 102 cm³/mol. The maximum atomic E-state index is 12.4. The van der Waals surface area contributed by atoms with Crippen molar-refractivity contribution in [2.24, 2.45) is 5.92 Å². The van der Waals surface area contributed by atoms with E-state index < -0.39 is 0 Å². The molecule has 2 nitrogen and oxygen atoms in total. The Bertz CT molecular complexity index is 695. The fourth-order valence-corrected chi connectivity index (χ4v) is 3.04. The van der Waals surface area contributed by atoms with Gasteiger partial charge in [-0.25, -0.2) is 0 Å². The quantitative estimate of drug-likeness (QED) is 0.709. The highest BCUT2D eigenvalue weighted by molar-refractivity contribution is 6.35. The molecule has 0 heterocycles. The number of amides is 1. The summed E-state index contributed by atoms with van der Waals surface area (Å²) in [6.07, 6.45) is 1.05. The summed E-state index contributed by atoms with van der Waals surface area (Å²) in [4.78, 5) is 12.4. The monoisotopic (exact) mass is 363 g/mol. The minimum absolute atomic E-state index is 0.0161. The van der Waals surface area contributed by atoms with Crippen molar-refractivity contribution in [3.05, 3.63) is 69.2 Å². The average Bonchev–Trinajstić information content (AvgIpc) is 2.53. The molecule has 0 radical (unpaired) electrons. The zero-order valence-corrected chi connectivity index (χ0v) is 15.8. The van der Waals surface area contributed by atoms with Crippen LogP contribution in [0.1, 0.15) is 43.4 Å². The molecule has 2 aromatic carbocycles. The third-order valence-electron chi connectivity index (χ3n) is 3.99. The fourth-order valence-electron chi connectivity index (χ4n) is 2.57. The first-order valence-corrected chi connectivity index (χ1v) is 8.93. The Labute approximate surface area is 154 Å². The number of halogens is 2. The van der Waals surface area contributed by atoms with Crippen molar-refractivity contribution in [1.29, 1.82) is 0 Å². The maximum Gasteiger partial charge on any atom is 0.227 e. The summed E-state index contributed by atoms with van der Waals surface area (Å²) in [6, 6.07) is 13.6. The molecule has 24 heavy (non-hydrogen) atoms. The SMILES string of the molecule is CC(C)Cc1ccc(C(C)C(=O)NCc2ccc(Cl)cc2Cl)cc1. The predicted octanol–water partition coefficient (Wildman–Crippen LogP) is 5.61. The van der Waals surface area contributed by atoms with Crippen LogP contribution in [-0.2, 0) is 17.8 Å². The number of nitrogens with one attached hydrogen (secondary N) is 1. The molecule has 0 saturated carbocycles. The fraction of sp³-hybridized carbons (Fsp3) is 0.350. The Kier molecular flexibility index (Phi) is 6.70. The molecular weight excluding hydrogens is 341 g/mol. The average molecular weight is 364 g/mol. The molecule has 2 rings (SSSR count). The van der Waals surface area contributed by atoms with Crippen molar-refractivity contribution < 1.29 is 4.79 Å². The van der Waals surface area contributed by atoms with E-state index in [1.54, 1.807) is 12.1 Å². The van der Waals surface area contributed by atoms with E-state index >= 15 is 0 Å². The van der Waals surface area contributed by atoms with Crippen LogP contribution in [0.4, 0.5) is 0 Å². The number of carbonyl (C=O) groups excluding carboxylic acids is 1. The standard InChI is InChI=1S/C20H23Cl2NO/c1-13(2)10-15-4-6-16(7-5-15)14(3)20(24)23-12-17-8-9-18(21)11-19(17)22/h4-9,11,13-14H,10,12H2,1-3H3,(H,23,24). The second-order valence-electron chi connectivity index (χ2n) is 6.51. The van der Waals surface area contributed by atoms with E-state index in [4.69, 9.17) is 23.2 Å². The first-order chi connectivity index (χ1) is 11.4. The van der Waals surface area contributed by atoms with E-state index in [-0.39, 0.29) is 11.8 Å². The summed E-state index contributed by atoms with van der Waals surface area (Å²) in [5.74, 6) is 0.405. The van der Waals surface area contributed by atoms with Crippen molar-refractivity contribution in [1.82, 2.24) is 5.32 Å². The summed E-state index contributed by atoms with van der Waals surface area (Å²) in [6.45, 7) is 6.71. The molecular formula is C20H23Cl2NO. The molecule has 4 heteroatoms. The minimum atomic E-state index is -0.204. The normalized spacial score (nSPS) is 12.2. The highest BCUT2D eigenvalue weighted by Gasteiger charge is 2.15. The molecule has 0 bridgehead atoms. The molecule has 128 valence electrons. The smallest absolute Gasteiger partial charge is 0.227 e. The van der Waals surface area contributed by atoms with Crippen molar-refractivity contribution in [3.63, 3.8) is 0 Å². The highest BCUT2D eigenvalue weighted by Crippen LogP contribution is 2.22. The molecule has 2 aromatic rings. The zero-order chi connectivity index (χ0) is 17.7. The number of benzene rings is 2. The van der Waals surface area contributed by atoms with Gasteiger partial charge in [0.1, 0.15) is 0 Å². The molecule has 0 aromatic heterocycles. The summed E-state index contributed by atoms with van der Waals surface area (Å²) in [5, 5.41) is 4.09. The zero-order valence-electron chi connectivity index (χ0n) is 14.3. The third kappa shape index (κ3) is 5.25. The van der Waals surface area contributed by atoms with Crippen LogP contribution in [0.5, 0.6) is 0 Å². The molecule has 1 unspecified atom stereocenters. The summed E-state index contributed by atoms with van der Waals surface area (Å²) in [7, 11) is 0. The molecule has 0 aliphatic heterocycles. The lowest BCUT2D eigenvalue weighted by Crippen LogP contribution is -2.27. The number of carbonyl (C=O) groups is 1. The largest absolute Gasteiger partial charge is 0.351 e. The van der Waals surface area contributed by atoms with Gasteiger partial charge in [-0.2, -0.15) is 0 Å². The van der Waals surface area contributed by atoms with Crippen LogP contribution in [0, 0.1) is 5.92 Å². The lowest BCUT2D eigenvalue weighted by molar-refractivity contribution is -0.122. The van der Waals surface area contributed by atoms with Gasteiger partial charge in [0.15, 0.2) is 0 Å². The highest BCUT2D eigenvalue weighted by atomic mass is 35.5. The van der Waals surface area contributed by atoms with Gasteiger partial charge in [0.05, 0.1) is 5.92 Å². The Balaban J connectivity index is 1.96. The van der Waals surface area contributed by atoms with Gasteiger partial charge in [0.2, 0.25) is 5.91 Å². The van der Waals surface area contributed by atoms with Crippen LogP contribution in [0.2, 0.25) is 10.0 Å². The van der Waals surface area contributed by atoms with E-state index in [1.165, 1.54) is 5.56 Å². The molecule has 1 amide bonds. The molecule has 1 N–H and O–H groups in total. The lowest BCUT2D eigenvalue weighted by Gasteiger charge is -2.14. The van der Waals surface area contributed by atoms with Crippen LogP contribution < -0.4 is 5.32 Å². The van der Waals surface area contributed by atoms with Crippen molar-refractivity contribution in [2.75, 3.05) is 0 Å². The second-order valence-corrected chi connectivity index (χ2v) is 7.36. The van der Waals surface area contributed by atoms with Gasteiger partial charge in [-0.15, -0.1) is 0 Å². The van der Waals surface area contributed by atoms with Crippen molar-refractivity contribution in [3.8, 4) is 0 Å². The van der Waals surface area contributed by atoms with E-state index in [9.17, 15) is 4.79 Å². The van der Waals surface area contributed by atoms with Gasteiger partial charge in [0, 0.05) is 16.6 Å². The Hall–Kier alpha value is -1.51. The van der Waals surface area contributed by atoms with Gasteiger partial charge in [-0.3, -0.25) is 4.79 Å². The molecule has 1 atom stereocenters. The van der Waals surface area contributed by atoms with Crippen LogP contribution in [0.15, 0.2) is 42.5 Å². The van der Waals surface area contributed by atoms with E-state index in [1.807, 2.05) is 25.1 Å². The van der Waals surface area contributed by atoms with Crippen molar-refractivity contribution in [2.45, 2.75) is 39.7 Å². The number of hydrogen-bond donors (Lipinski definition) is 1. The van der Waals surface area contributed by atoms with Crippen LogP contribution in [-0.4, -0.2) is 5.91 Å². The first kappa shape index (κ1) is 18.8. The van der Waals surface area contributed by atoms with E-state index in [2.05, 4.69) is 31.3 Å². The van der Waals surface area contributed by atoms with Gasteiger partial charge < -0.3 is 5.32 Å². The van der Waals surface area contributed by atoms with Crippen LogP contribution in [0.3, 0.4) is 0 Å². The van der Waals surface area contributed by atoms with Gasteiger partial charge in [-0.05, 0) is 48.1 Å². The molecule has 0 saturated heterocycles. The Morgan fingerprint density at radius 2 is 1.71 bits per heavy atom. The summed E-state index contributed by atoms with van der Waals surface area (Å²) >= 11 is 12.0. The van der Waals surface area contributed by atoms with Gasteiger partial charge >= 0.3 is 0 Å². The molecule has 0 spiro atoms. The third-order valence-corrected chi connectivity index (χ3v) is 4.57. The van der Waals surface area contributed by atoms with Crippen LogP contribution >= 0.6 is 23.2 Å². The van der Waals surface area contributed by atoms with Gasteiger partial charge in [0.25, 0.3) is 0 Å². The molecule has 0 fully saturated rings. The Morgan fingerprint density at radius 3 is 2.29 bits per heavy atom. The second kappa shape index (κ2) is 8.55. The van der Waals surface area contributed by atoms with Crippen LogP contribution in [0.25, 0.3) is 0 Å². The maximum absolute atomic E-state index is 12.4. The van der Waals surface area contributed by atoms with E-state index in [0.717, 1.165) is 17.5 Å². The first-order valence-electron chi connectivity index (χ1n) is 8.17. The summed E-state index contributed by atoms with van der Waals surface area (Å²) < 4.78 is 0. The Morgan fingerprint density at radius 1 is 1.04 bits per heavy atom. The lowest BCUT2D eigenvalue weighted by atomic mass is 9.96. The number of rotatable bonds is 6. The number of hydrogen-bond acceptors (Lipinski definition) is 1. The molecule has 0 aliphatic carbocycles. The minimum Gasteiger partial charge on any atom is -0.351 e. The van der Waals surface area contributed by atoms with Crippen molar-refractivity contribution >= 4 is 29.1 Å². The molecule has 0 aliphatic rings. The van der Waals surface area contributed by atoms with E-state index in [0.29, 0.717) is 22.5 Å².